The van der Waals surface area contributed by atoms with Crippen LogP contribution in [0.1, 0.15) is 19.8 Å². The minimum Gasteiger partial charge on any atom is -0.479 e. The molecule has 0 spiro atoms. The minimum atomic E-state index is -0.518. The first-order valence-corrected chi connectivity index (χ1v) is 8.51. The highest BCUT2D eigenvalue weighted by atomic mass is 16.5. The summed E-state index contributed by atoms with van der Waals surface area (Å²) in [7, 11) is 0. The van der Waals surface area contributed by atoms with Crippen LogP contribution >= 0.6 is 0 Å². The third-order valence-corrected chi connectivity index (χ3v) is 4.64. The van der Waals surface area contributed by atoms with Crippen LogP contribution in [0.3, 0.4) is 0 Å². The number of rotatable bonds is 5. The fraction of sp³-hybridized carbons (Fsp3) is 0.588. The summed E-state index contributed by atoms with van der Waals surface area (Å²) in [5.74, 6) is 1.08. The summed E-state index contributed by atoms with van der Waals surface area (Å²) in [6.07, 6.45) is 4.61. The summed E-state index contributed by atoms with van der Waals surface area (Å²) < 4.78 is 5.66. The number of pyridine rings is 1. The zero-order valence-corrected chi connectivity index (χ0v) is 14.0. The molecule has 0 unspecified atom stereocenters. The molecule has 1 aromatic rings. The van der Waals surface area contributed by atoms with Crippen molar-refractivity contribution in [2.75, 3.05) is 32.7 Å². The molecule has 0 radical (unpaired) electrons. The smallest absolute Gasteiger partial charge is 0.317 e. The molecule has 7 heteroatoms. The fourth-order valence-corrected chi connectivity index (χ4v) is 3.26. The Hall–Kier alpha value is -2.31. The van der Waals surface area contributed by atoms with Crippen LogP contribution in [-0.2, 0) is 4.79 Å². The van der Waals surface area contributed by atoms with Crippen molar-refractivity contribution in [2.45, 2.75) is 25.9 Å². The number of nitrogens with zero attached hydrogens (tertiary/aromatic N) is 3. The van der Waals surface area contributed by atoms with E-state index in [9.17, 15) is 9.59 Å². The first-order valence-electron chi connectivity index (χ1n) is 8.51. The largest absolute Gasteiger partial charge is 0.479 e. The standard InChI is InChI=1S/C17H24N4O3/c1-13(24-15-3-2-6-18-11-15)16(22)20-8-4-14(5-9-20)12-21-10-7-19-17(21)23/h2-3,6,11,13-14H,4-5,7-10,12H2,1H3,(H,19,23)/t13-/m0/s1. The molecule has 0 aliphatic carbocycles. The highest BCUT2D eigenvalue weighted by Crippen LogP contribution is 2.20. The first-order chi connectivity index (χ1) is 11.6. The summed E-state index contributed by atoms with van der Waals surface area (Å²) in [4.78, 5) is 31.8. The van der Waals surface area contributed by atoms with Crippen LogP contribution in [0.4, 0.5) is 4.79 Å². The number of urea groups is 1. The van der Waals surface area contributed by atoms with Crippen molar-refractivity contribution < 1.29 is 14.3 Å². The molecule has 2 saturated heterocycles. The Kier molecular flexibility index (Phi) is 5.17. The van der Waals surface area contributed by atoms with Gasteiger partial charge in [0.25, 0.3) is 5.91 Å². The molecule has 2 aliphatic rings. The Morgan fingerprint density at radius 3 is 2.83 bits per heavy atom. The Bertz CT molecular complexity index is 572. The average molecular weight is 332 g/mol. The third-order valence-electron chi connectivity index (χ3n) is 4.64. The molecule has 7 nitrogen and oxygen atoms in total. The van der Waals surface area contributed by atoms with Crippen LogP contribution in [0.5, 0.6) is 5.75 Å². The highest BCUT2D eigenvalue weighted by molar-refractivity contribution is 5.81. The predicted octanol–water partition coefficient (Wildman–Crippen LogP) is 1.11. The summed E-state index contributed by atoms with van der Waals surface area (Å²) >= 11 is 0. The number of amides is 3. The van der Waals surface area contributed by atoms with Crippen molar-refractivity contribution in [3.8, 4) is 5.75 Å². The molecule has 0 aromatic carbocycles. The van der Waals surface area contributed by atoms with Gasteiger partial charge in [0.1, 0.15) is 5.75 Å². The van der Waals surface area contributed by atoms with Crippen molar-refractivity contribution in [3.05, 3.63) is 24.5 Å². The van der Waals surface area contributed by atoms with Crippen LogP contribution in [0, 0.1) is 5.92 Å². The van der Waals surface area contributed by atoms with Crippen molar-refractivity contribution in [3.63, 3.8) is 0 Å². The van der Waals surface area contributed by atoms with Crippen LogP contribution in [0.15, 0.2) is 24.5 Å². The second-order valence-electron chi connectivity index (χ2n) is 6.40. The topological polar surface area (TPSA) is 74.8 Å². The molecule has 0 saturated carbocycles. The lowest BCUT2D eigenvalue weighted by Gasteiger charge is -2.34. The molecular formula is C17H24N4O3. The van der Waals surface area contributed by atoms with E-state index in [1.807, 2.05) is 9.80 Å². The van der Waals surface area contributed by atoms with Gasteiger partial charge >= 0.3 is 6.03 Å². The van der Waals surface area contributed by atoms with E-state index in [-0.39, 0.29) is 11.9 Å². The summed E-state index contributed by atoms with van der Waals surface area (Å²) in [6, 6.07) is 3.61. The number of piperidine rings is 1. The van der Waals surface area contributed by atoms with E-state index >= 15 is 0 Å². The molecule has 130 valence electrons. The van der Waals surface area contributed by atoms with Crippen LogP contribution in [-0.4, -0.2) is 65.5 Å². The first kappa shape index (κ1) is 16.5. The van der Waals surface area contributed by atoms with Gasteiger partial charge in [0.2, 0.25) is 0 Å². The molecule has 3 amide bonds. The predicted molar refractivity (Wildman–Crippen MR) is 88.6 cm³/mol. The van der Waals surface area contributed by atoms with Gasteiger partial charge in [0.15, 0.2) is 6.10 Å². The number of carbonyl (C=O) groups is 2. The SMILES string of the molecule is C[C@H](Oc1cccnc1)C(=O)N1CCC(CN2CCNC2=O)CC1. The molecule has 1 N–H and O–H groups in total. The number of ether oxygens (including phenoxy) is 1. The Labute approximate surface area is 142 Å². The number of aromatic nitrogens is 1. The summed E-state index contributed by atoms with van der Waals surface area (Å²) in [5, 5.41) is 2.83. The molecule has 2 fully saturated rings. The van der Waals surface area contributed by atoms with E-state index in [2.05, 4.69) is 10.3 Å². The second kappa shape index (κ2) is 7.51. The monoisotopic (exact) mass is 332 g/mol. The number of nitrogens with one attached hydrogen (secondary N) is 1. The molecule has 24 heavy (non-hydrogen) atoms. The van der Waals surface area contributed by atoms with E-state index < -0.39 is 6.10 Å². The van der Waals surface area contributed by atoms with Gasteiger partial charge in [0.05, 0.1) is 6.20 Å². The third kappa shape index (κ3) is 3.96. The number of carbonyl (C=O) groups excluding carboxylic acids is 2. The van der Waals surface area contributed by atoms with Crippen LogP contribution in [0.2, 0.25) is 0 Å². The molecule has 1 aromatic heterocycles. The van der Waals surface area contributed by atoms with E-state index in [0.29, 0.717) is 11.7 Å². The fourth-order valence-electron chi connectivity index (χ4n) is 3.26. The quantitative estimate of drug-likeness (QED) is 0.876. The van der Waals surface area contributed by atoms with Crippen molar-refractivity contribution in [1.29, 1.82) is 0 Å². The minimum absolute atomic E-state index is 0.0104. The van der Waals surface area contributed by atoms with E-state index in [4.69, 9.17) is 4.74 Å². The molecule has 0 bridgehead atoms. The zero-order valence-electron chi connectivity index (χ0n) is 14.0. The van der Waals surface area contributed by atoms with Gasteiger partial charge in [0, 0.05) is 38.9 Å². The molecule has 2 aliphatic heterocycles. The van der Waals surface area contributed by atoms with Gasteiger partial charge in [-0.3, -0.25) is 9.78 Å². The van der Waals surface area contributed by atoms with Crippen LogP contribution in [0.25, 0.3) is 0 Å². The maximum absolute atomic E-state index is 12.5. The summed E-state index contributed by atoms with van der Waals surface area (Å²) in [5.41, 5.74) is 0. The van der Waals surface area contributed by atoms with Gasteiger partial charge in [-0.1, -0.05) is 0 Å². The maximum Gasteiger partial charge on any atom is 0.317 e. The van der Waals surface area contributed by atoms with Gasteiger partial charge < -0.3 is 19.9 Å². The van der Waals surface area contributed by atoms with E-state index in [1.165, 1.54) is 0 Å². The van der Waals surface area contributed by atoms with Crippen molar-refractivity contribution in [2.24, 2.45) is 5.92 Å². The number of hydrogen-bond acceptors (Lipinski definition) is 4. The lowest BCUT2D eigenvalue weighted by Crippen LogP contribution is -2.46. The Morgan fingerprint density at radius 2 is 2.21 bits per heavy atom. The van der Waals surface area contributed by atoms with Crippen LogP contribution < -0.4 is 10.1 Å². The molecule has 3 heterocycles. The zero-order chi connectivity index (χ0) is 16.9. The van der Waals surface area contributed by atoms with E-state index in [0.717, 1.165) is 45.6 Å². The molecule has 1 atom stereocenters. The number of likely N-dealkylation sites (tertiary alicyclic amines) is 1. The maximum atomic E-state index is 12.5. The lowest BCUT2D eigenvalue weighted by atomic mass is 9.96. The van der Waals surface area contributed by atoms with Crippen molar-refractivity contribution >= 4 is 11.9 Å². The van der Waals surface area contributed by atoms with Gasteiger partial charge in [-0.2, -0.15) is 0 Å². The van der Waals surface area contributed by atoms with Crippen molar-refractivity contribution in [1.82, 2.24) is 20.1 Å². The Balaban J connectivity index is 1.45. The highest BCUT2D eigenvalue weighted by Gasteiger charge is 2.29. The van der Waals surface area contributed by atoms with Gasteiger partial charge in [-0.05, 0) is 37.8 Å². The Morgan fingerprint density at radius 1 is 1.42 bits per heavy atom. The van der Waals surface area contributed by atoms with Gasteiger partial charge in [-0.15, -0.1) is 0 Å². The second-order valence-corrected chi connectivity index (χ2v) is 6.40. The molecule has 3 rings (SSSR count). The summed E-state index contributed by atoms with van der Waals surface area (Å²) in [6.45, 7) is 5.53. The number of hydrogen-bond donors (Lipinski definition) is 1. The lowest BCUT2D eigenvalue weighted by molar-refractivity contribution is -0.139. The molecular weight excluding hydrogens is 308 g/mol. The van der Waals surface area contributed by atoms with Gasteiger partial charge in [-0.25, -0.2) is 4.79 Å². The normalized spacial score (nSPS) is 20.0. The van der Waals surface area contributed by atoms with E-state index in [1.54, 1.807) is 31.5 Å². The average Bonchev–Trinajstić information content (AvgIpc) is 3.00.